The number of halogens is 2. The number of fused-ring (bicyclic) bond motifs is 2. The standard InChI is InChI=1S/C22H19ClN2O3S2.C15H14ClNO2S.C7H7NO2S/c1-12(26)19-4-5-20(30-19)14-7-15-8-16(28-22(15)18(23)9-14)10-25-21(27)6-3-17-11-24-13(2)29-17;1-8(18)13-2-3-14(20-13)9-4-10-5-11(7-17)19-15(10)12(16)6-9;1-5-8-4-6(11-5)2-3-7(9)10/h3-7,9,11,16H,8,10H2,1-2H3,(H,25,27);2-4,6,11H,5,7,17H2,1H3;2-4H,1H3,(H,9,10)/b6-3+;;3-2+. The van der Waals surface area contributed by atoms with Crippen molar-refractivity contribution < 1.29 is 33.8 Å². The van der Waals surface area contributed by atoms with Crippen LogP contribution < -0.4 is 20.5 Å². The second kappa shape index (κ2) is 20.7. The van der Waals surface area contributed by atoms with Crippen molar-refractivity contribution >= 4 is 104 Å². The molecule has 4 N–H and O–H groups in total. The zero-order chi connectivity index (χ0) is 43.8. The summed E-state index contributed by atoms with van der Waals surface area (Å²) in [5.41, 5.74) is 9.72. The van der Waals surface area contributed by atoms with Gasteiger partial charge in [-0.3, -0.25) is 14.4 Å². The number of Topliss-reactive ketones (excluding diaryl/α,β-unsaturated/α-hetero) is 2. The number of amides is 1. The van der Waals surface area contributed by atoms with Gasteiger partial charge in [0.05, 0.1) is 36.4 Å². The minimum Gasteiger partial charge on any atom is -0.487 e. The van der Waals surface area contributed by atoms with E-state index in [1.54, 1.807) is 32.3 Å². The number of aromatic nitrogens is 2. The predicted octanol–water partition coefficient (Wildman–Crippen LogP) is 10.3. The van der Waals surface area contributed by atoms with Gasteiger partial charge in [-0.15, -0.1) is 45.3 Å². The van der Waals surface area contributed by atoms with Crippen molar-refractivity contribution in [3.05, 3.63) is 124 Å². The van der Waals surface area contributed by atoms with E-state index in [1.807, 2.05) is 56.3 Å². The third-order valence-corrected chi connectivity index (χ3v) is 13.8. The number of benzene rings is 2. The number of carbonyl (C=O) groups is 4. The number of carboxylic acid groups (broad SMARTS) is 1. The molecule has 11 nitrogen and oxygen atoms in total. The first-order valence-corrected chi connectivity index (χ1v) is 22.8. The summed E-state index contributed by atoms with van der Waals surface area (Å²) in [4.78, 5) is 58.6. The second-order valence-electron chi connectivity index (χ2n) is 13.8. The number of hydrogen-bond acceptors (Lipinski definition) is 13. The minimum absolute atomic E-state index is 0.00821. The summed E-state index contributed by atoms with van der Waals surface area (Å²) in [6.45, 7) is 7.81. The molecule has 17 heteroatoms. The van der Waals surface area contributed by atoms with Crippen molar-refractivity contribution in [3.63, 3.8) is 0 Å². The van der Waals surface area contributed by atoms with Crippen molar-refractivity contribution in [1.82, 2.24) is 15.3 Å². The molecule has 316 valence electrons. The highest BCUT2D eigenvalue weighted by molar-refractivity contribution is 7.17. The normalized spacial score (nSPS) is 14.9. The number of nitrogens with two attached hydrogens (primary N) is 1. The molecule has 6 heterocycles. The molecule has 0 radical (unpaired) electrons. The lowest BCUT2D eigenvalue weighted by molar-refractivity contribution is -0.131. The maximum atomic E-state index is 12.1. The van der Waals surface area contributed by atoms with E-state index in [0.717, 1.165) is 79.8 Å². The van der Waals surface area contributed by atoms with Gasteiger partial charge in [0.25, 0.3) is 0 Å². The largest absolute Gasteiger partial charge is 0.487 e. The van der Waals surface area contributed by atoms with Crippen molar-refractivity contribution in [2.24, 2.45) is 5.73 Å². The van der Waals surface area contributed by atoms with E-state index in [0.29, 0.717) is 35.3 Å². The third-order valence-electron chi connectivity index (χ3n) is 9.01. The molecule has 2 unspecified atom stereocenters. The molecule has 2 aromatic carbocycles. The van der Waals surface area contributed by atoms with E-state index in [-0.39, 0.29) is 29.7 Å². The SMILES string of the molecule is CC(=O)c1ccc(-c2cc(Cl)c3c(c2)CC(CN)O3)s1.CC(=O)c1ccc(-c2cc(Cl)c3c(c2)CC(CNC(=O)/C=C/c2cnc(C)s2)O3)s1.Cc1ncc(/C=C/C(=O)O)s1. The summed E-state index contributed by atoms with van der Waals surface area (Å²) < 4.78 is 11.7. The van der Waals surface area contributed by atoms with Crippen molar-refractivity contribution in [2.75, 3.05) is 13.1 Å². The molecule has 4 aromatic heterocycles. The lowest BCUT2D eigenvalue weighted by Gasteiger charge is -2.11. The van der Waals surface area contributed by atoms with E-state index in [2.05, 4.69) is 21.4 Å². The van der Waals surface area contributed by atoms with Crippen LogP contribution in [0.3, 0.4) is 0 Å². The molecule has 2 aliphatic heterocycles. The van der Waals surface area contributed by atoms with Gasteiger partial charge in [-0.1, -0.05) is 23.2 Å². The number of aryl methyl sites for hydroxylation is 2. The highest BCUT2D eigenvalue weighted by atomic mass is 35.5. The molecule has 0 spiro atoms. The Morgan fingerprint density at radius 1 is 0.754 bits per heavy atom. The van der Waals surface area contributed by atoms with Gasteiger partial charge < -0.3 is 25.6 Å². The van der Waals surface area contributed by atoms with Crippen LogP contribution in [0.15, 0.2) is 73.1 Å². The van der Waals surface area contributed by atoms with Crippen LogP contribution in [0.25, 0.3) is 33.0 Å². The Balaban J connectivity index is 0.000000172. The Hall–Kier alpha value is -5.00. The maximum absolute atomic E-state index is 12.1. The van der Waals surface area contributed by atoms with E-state index in [9.17, 15) is 19.2 Å². The van der Waals surface area contributed by atoms with Gasteiger partial charge in [0.15, 0.2) is 11.6 Å². The molecule has 2 atom stereocenters. The van der Waals surface area contributed by atoms with Crippen LogP contribution in [-0.4, -0.2) is 63.8 Å². The maximum Gasteiger partial charge on any atom is 0.328 e. The minimum atomic E-state index is -0.934. The fraction of sp³-hybridized carbons (Fsp3) is 0.227. The van der Waals surface area contributed by atoms with Crippen LogP contribution in [0.5, 0.6) is 11.5 Å². The Morgan fingerprint density at radius 3 is 1.66 bits per heavy atom. The van der Waals surface area contributed by atoms with Gasteiger partial charge in [-0.25, -0.2) is 14.8 Å². The van der Waals surface area contributed by atoms with Gasteiger partial charge in [0.1, 0.15) is 23.7 Å². The summed E-state index contributed by atoms with van der Waals surface area (Å²) in [5, 5.41) is 14.2. The fourth-order valence-corrected chi connectivity index (χ4v) is 9.88. The van der Waals surface area contributed by atoms with E-state index in [1.165, 1.54) is 57.5 Å². The number of nitrogens with one attached hydrogen (secondary N) is 1. The molecule has 0 fully saturated rings. The Bertz CT molecular complexity index is 2640. The molecule has 0 aliphatic carbocycles. The fourth-order valence-electron chi connectivity index (χ4n) is 6.16. The number of rotatable bonds is 11. The smallest absolute Gasteiger partial charge is 0.328 e. The van der Waals surface area contributed by atoms with Gasteiger partial charge >= 0.3 is 5.97 Å². The van der Waals surface area contributed by atoms with Crippen LogP contribution in [0.1, 0.15) is 64.1 Å². The number of carboxylic acids is 1. The summed E-state index contributed by atoms with van der Waals surface area (Å²) in [6, 6.07) is 15.4. The molecular weight excluding hydrogens is 896 g/mol. The van der Waals surface area contributed by atoms with E-state index >= 15 is 0 Å². The van der Waals surface area contributed by atoms with Crippen LogP contribution in [-0.2, 0) is 22.4 Å². The summed E-state index contributed by atoms with van der Waals surface area (Å²) in [6.07, 6.45) is 10.6. The quantitative estimate of drug-likeness (QED) is 0.0839. The number of carbonyl (C=O) groups excluding carboxylic acids is 3. The molecule has 0 saturated carbocycles. The molecular formula is C44H40Cl2N4O7S4. The van der Waals surface area contributed by atoms with Crippen LogP contribution >= 0.6 is 68.5 Å². The molecule has 6 aromatic rings. The average Bonchev–Trinajstić information content (AvgIpc) is 4.07. The van der Waals surface area contributed by atoms with Gasteiger partial charge in [0.2, 0.25) is 5.91 Å². The first-order chi connectivity index (χ1) is 29.1. The highest BCUT2D eigenvalue weighted by Gasteiger charge is 2.27. The molecule has 2 aliphatic rings. The average molecular weight is 936 g/mol. The van der Waals surface area contributed by atoms with Gasteiger partial charge in [0, 0.05) is 74.6 Å². The van der Waals surface area contributed by atoms with Crippen LogP contribution in [0, 0.1) is 13.8 Å². The summed E-state index contributed by atoms with van der Waals surface area (Å²) in [7, 11) is 0. The number of hydrogen-bond donors (Lipinski definition) is 3. The molecule has 0 bridgehead atoms. The van der Waals surface area contributed by atoms with Crippen molar-refractivity contribution in [2.45, 2.75) is 52.7 Å². The lowest BCUT2D eigenvalue weighted by atomic mass is 10.1. The monoisotopic (exact) mass is 934 g/mol. The van der Waals surface area contributed by atoms with Gasteiger partial charge in [-0.2, -0.15) is 0 Å². The zero-order valence-electron chi connectivity index (χ0n) is 33.3. The Morgan fingerprint density at radius 2 is 1.23 bits per heavy atom. The topological polar surface area (TPSA) is 171 Å². The number of thiazole rings is 2. The number of aliphatic carboxylic acids is 1. The first kappa shape index (κ1) is 45.5. The number of ether oxygens (including phenoxy) is 2. The summed E-state index contributed by atoms with van der Waals surface area (Å²) >= 11 is 18.7. The molecule has 0 saturated heterocycles. The van der Waals surface area contributed by atoms with E-state index in [4.69, 9.17) is 43.5 Å². The van der Waals surface area contributed by atoms with E-state index < -0.39 is 5.97 Å². The number of nitrogens with zero attached hydrogens (tertiary/aromatic N) is 2. The van der Waals surface area contributed by atoms with Gasteiger partial charge in [-0.05, 0) is 99.5 Å². The lowest BCUT2D eigenvalue weighted by Crippen LogP contribution is -2.33. The third kappa shape index (κ3) is 12.3. The molecule has 61 heavy (non-hydrogen) atoms. The first-order valence-electron chi connectivity index (χ1n) is 18.8. The molecule has 1 amide bonds. The van der Waals surface area contributed by atoms with Crippen molar-refractivity contribution in [3.8, 4) is 32.4 Å². The Labute approximate surface area is 378 Å². The zero-order valence-corrected chi connectivity index (χ0v) is 38.1. The number of ketones is 2. The van der Waals surface area contributed by atoms with Crippen LogP contribution in [0.2, 0.25) is 10.0 Å². The van der Waals surface area contributed by atoms with Crippen LogP contribution in [0.4, 0.5) is 0 Å². The number of thiophene rings is 2. The van der Waals surface area contributed by atoms with Crippen molar-refractivity contribution in [1.29, 1.82) is 0 Å². The molecule has 8 rings (SSSR count). The summed E-state index contributed by atoms with van der Waals surface area (Å²) in [5.74, 6) is 0.434. The second-order valence-corrected chi connectivity index (χ2v) is 19.3. The Kier molecular flexibility index (Phi) is 15.5. The predicted molar refractivity (Wildman–Crippen MR) is 247 cm³/mol. The highest BCUT2D eigenvalue weighted by Crippen LogP contribution is 2.42.